The summed E-state index contributed by atoms with van der Waals surface area (Å²) in [5, 5.41) is 0.782. The third-order valence-electron chi connectivity index (χ3n) is 4.50. The van der Waals surface area contributed by atoms with Crippen molar-refractivity contribution in [3.05, 3.63) is 74.5 Å². The summed E-state index contributed by atoms with van der Waals surface area (Å²) in [4.78, 5) is 25.1. The van der Waals surface area contributed by atoms with Gasteiger partial charge in [0, 0.05) is 22.8 Å². The van der Waals surface area contributed by atoms with Crippen LogP contribution in [-0.4, -0.2) is 10.5 Å². The van der Waals surface area contributed by atoms with Crippen LogP contribution in [0.4, 0.5) is 0 Å². The van der Waals surface area contributed by atoms with Crippen LogP contribution < -0.4 is 10.3 Å². The molecule has 24 heavy (non-hydrogen) atoms. The molecule has 4 nitrogen and oxygen atoms in total. The highest BCUT2D eigenvalue weighted by atomic mass is 79.9. The van der Waals surface area contributed by atoms with E-state index in [9.17, 15) is 9.59 Å². The Balaban J connectivity index is 2.05. The minimum Gasteiger partial charge on any atom is -0.425 e. The van der Waals surface area contributed by atoms with Crippen LogP contribution in [-0.2, 0) is 11.8 Å². The molecule has 0 amide bonds. The molecule has 0 saturated heterocycles. The number of halogens is 1. The number of aryl methyl sites for hydroxylation is 1. The average molecular weight is 384 g/mol. The summed E-state index contributed by atoms with van der Waals surface area (Å²) in [7, 11) is 1.75. The highest BCUT2D eigenvalue weighted by Crippen LogP contribution is 2.40. The van der Waals surface area contributed by atoms with Crippen molar-refractivity contribution in [3.8, 4) is 5.75 Å². The van der Waals surface area contributed by atoms with Crippen LogP contribution in [0.15, 0.2) is 57.8 Å². The first-order valence-electron chi connectivity index (χ1n) is 7.64. The molecule has 1 aliphatic heterocycles. The average Bonchev–Trinajstić information content (AvgIpc) is 2.59. The summed E-state index contributed by atoms with van der Waals surface area (Å²) in [5.41, 5.74) is 2.12. The second-order valence-electron chi connectivity index (χ2n) is 5.91. The van der Waals surface area contributed by atoms with Gasteiger partial charge in [0.05, 0.1) is 17.5 Å². The Bertz CT molecular complexity index is 1020. The summed E-state index contributed by atoms with van der Waals surface area (Å²) in [6.45, 7) is 0. The first-order valence-corrected chi connectivity index (χ1v) is 8.43. The fraction of sp³-hybridized carbons (Fsp3) is 0.158. The molecular formula is C19H14BrNO3. The van der Waals surface area contributed by atoms with Crippen LogP contribution in [0.1, 0.15) is 23.5 Å². The van der Waals surface area contributed by atoms with E-state index < -0.39 is 0 Å². The normalized spacial score (nSPS) is 16.8. The number of nitrogens with zero attached hydrogens (tertiary/aromatic N) is 1. The molecule has 0 radical (unpaired) electrons. The number of para-hydroxylation sites is 1. The van der Waals surface area contributed by atoms with Crippen LogP contribution in [0, 0.1) is 0 Å². The first kappa shape index (κ1) is 15.1. The molecule has 1 aromatic heterocycles. The minimum absolute atomic E-state index is 0.121. The topological polar surface area (TPSA) is 48.3 Å². The summed E-state index contributed by atoms with van der Waals surface area (Å²) in [6, 6.07) is 15.2. The molecule has 120 valence electrons. The van der Waals surface area contributed by atoms with Gasteiger partial charge in [0.15, 0.2) is 0 Å². The lowest BCUT2D eigenvalue weighted by atomic mass is 9.86. The standard InChI is InChI=1S/C19H14BrNO3/c1-21-15-5-3-2-4-13(15)18-17(19(21)23)14(10-16(22)24-18)11-6-8-12(20)9-7-11/h2-9,14H,10H2,1H3/t14-/m1/s1. The molecule has 0 unspecified atom stereocenters. The van der Waals surface area contributed by atoms with Gasteiger partial charge in [-0.1, -0.05) is 40.2 Å². The Kier molecular flexibility index (Phi) is 3.53. The van der Waals surface area contributed by atoms with Crippen molar-refractivity contribution in [1.82, 2.24) is 4.57 Å². The zero-order valence-corrected chi connectivity index (χ0v) is 14.5. The molecular weight excluding hydrogens is 370 g/mol. The molecule has 0 aliphatic carbocycles. The van der Waals surface area contributed by atoms with Gasteiger partial charge in [0.2, 0.25) is 0 Å². The maximum atomic E-state index is 12.9. The molecule has 0 saturated carbocycles. The fourth-order valence-electron chi connectivity index (χ4n) is 3.31. The number of carbonyl (C=O) groups is 1. The van der Waals surface area contributed by atoms with Gasteiger partial charge in [0.1, 0.15) is 5.75 Å². The number of hydrogen-bond donors (Lipinski definition) is 0. The molecule has 0 fully saturated rings. The largest absolute Gasteiger partial charge is 0.425 e. The van der Waals surface area contributed by atoms with Crippen molar-refractivity contribution in [2.24, 2.45) is 7.05 Å². The fourth-order valence-corrected chi connectivity index (χ4v) is 3.58. The number of carbonyl (C=O) groups excluding carboxylic acids is 1. The Labute approximate surface area is 146 Å². The number of aromatic nitrogens is 1. The summed E-state index contributed by atoms with van der Waals surface area (Å²) in [5.74, 6) is -0.204. The van der Waals surface area contributed by atoms with Gasteiger partial charge in [-0.25, -0.2) is 0 Å². The van der Waals surface area contributed by atoms with E-state index in [1.54, 1.807) is 11.6 Å². The molecule has 1 atom stereocenters. The lowest BCUT2D eigenvalue weighted by Gasteiger charge is -2.26. The smallest absolute Gasteiger partial charge is 0.312 e. The monoisotopic (exact) mass is 383 g/mol. The van der Waals surface area contributed by atoms with Crippen LogP contribution >= 0.6 is 15.9 Å². The molecule has 5 heteroatoms. The molecule has 2 aromatic carbocycles. The zero-order valence-electron chi connectivity index (χ0n) is 13.0. The van der Waals surface area contributed by atoms with Crippen molar-refractivity contribution in [1.29, 1.82) is 0 Å². The Morgan fingerprint density at radius 2 is 1.79 bits per heavy atom. The van der Waals surface area contributed by atoms with Gasteiger partial charge in [-0.3, -0.25) is 9.59 Å². The van der Waals surface area contributed by atoms with Gasteiger partial charge in [0.25, 0.3) is 5.56 Å². The van der Waals surface area contributed by atoms with E-state index in [2.05, 4.69) is 15.9 Å². The third kappa shape index (κ3) is 2.27. The predicted molar refractivity (Wildman–Crippen MR) is 95.4 cm³/mol. The predicted octanol–water partition coefficient (Wildman–Crippen LogP) is 3.74. The Morgan fingerprint density at radius 1 is 1.08 bits per heavy atom. The Hall–Kier alpha value is -2.40. The molecule has 2 heterocycles. The van der Waals surface area contributed by atoms with Crippen LogP contribution in [0.3, 0.4) is 0 Å². The zero-order chi connectivity index (χ0) is 16.8. The Morgan fingerprint density at radius 3 is 2.54 bits per heavy atom. The van der Waals surface area contributed by atoms with E-state index in [4.69, 9.17) is 4.74 Å². The van der Waals surface area contributed by atoms with Crippen molar-refractivity contribution in [2.75, 3.05) is 0 Å². The van der Waals surface area contributed by atoms with Crippen LogP contribution in [0.5, 0.6) is 5.75 Å². The highest BCUT2D eigenvalue weighted by Gasteiger charge is 2.33. The third-order valence-corrected chi connectivity index (χ3v) is 5.03. The van der Waals surface area contributed by atoms with E-state index in [0.717, 1.165) is 20.9 Å². The number of pyridine rings is 1. The van der Waals surface area contributed by atoms with Crippen molar-refractivity contribution < 1.29 is 9.53 Å². The molecule has 3 aromatic rings. The summed E-state index contributed by atoms with van der Waals surface area (Å²) >= 11 is 3.41. The maximum Gasteiger partial charge on any atom is 0.312 e. The number of ether oxygens (including phenoxy) is 1. The molecule has 4 rings (SSSR count). The maximum absolute atomic E-state index is 12.9. The van der Waals surface area contributed by atoms with Crippen LogP contribution in [0.2, 0.25) is 0 Å². The number of fused-ring (bicyclic) bond motifs is 3. The van der Waals surface area contributed by atoms with Crippen molar-refractivity contribution in [2.45, 2.75) is 12.3 Å². The quantitative estimate of drug-likeness (QED) is 0.601. The first-order chi connectivity index (χ1) is 11.6. The second-order valence-corrected chi connectivity index (χ2v) is 6.82. The van der Waals surface area contributed by atoms with E-state index in [0.29, 0.717) is 11.3 Å². The van der Waals surface area contributed by atoms with Gasteiger partial charge in [-0.15, -0.1) is 0 Å². The second kappa shape index (κ2) is 5.60. The number of esters is 1. The van der Waals surface area contributed by atoms with E-state index in [-0.39, 0.29) is 23.9 Å². The summed E-state index contributed by atoms with van der Waals surface area (Å²) in [6.07, 6.45) is 0.169. The van der Waals surface area contributed by atoms with Crippen LogP contribution in [0.25, 0.3) is 10.9 Å². The summed E-state index contributed by atoms with van der Waals surface area (Å²) < 4.78 is 8.07. The van der Waals surface area contributed by atoms with Gasteiger partial charge in [-0.2, -0.15) is 0 Å². The molecule has 0 spiro atoms. The highest BCUT2D eigenvalue weighted by molar-refractivity contribution is 9.10. The number of hydrogen-bond acceptors (Lipinski definition) is 3. The lowest BCUT2D eigenvalue weighted by Crippen LogP contribution is -2.31. The SMILES string of the molecule is Cn1c(=O)c2c(c3ccccc31)OC(=O)C[C@@H]2c1ccc(Br)cc1. The van der Waals surface area contributed by atoms with E-state index >= 15 is 0 Å². The number of rotatable bonds is 1. The van der Waals surface area contributed by atoms with Crippen molar-refractivity contribution >= 4 is 32.8 Å². The molecule has 0 bridgehead atoms. The van der Waals surface area contributed by atoms with E-state index in [1.165, 1.54) is 0 Å². The van der Waals surface area contributed by atoms with Gasteiger partial charge < -0.3 is 9.30 Å². The van der Waals surface area contributed by atoms with Gasteiger partial charge >= 0.3 is 5.97 Å². The van der Waals surface area contributed by atoms with Crippen molar-refractivity contribution in [3.63, 3.8) is 0 Å². The molecule has 0 N–H and O–H groups in total. The molecule has 1 aliphatic rings. The lowest BCUT2D eigenvalue weighted by molar-refractivity contribution is -0.135. The minimum atomic E-state index is -0.311. The van der Waals surface area contributed by atoms with E-state index in [1.807, 2.05) is 48.5 Å². The van der Waals surface area contributed by atoms with Gasteiger partial charge in [-0.05, 0) is 29.8 Å². The number of benzene rings is 2.